The molecule has 0 spiro atoms. The van der Waals surface area contributed by atoms with Crippen molar-refractivity contribution >= 4 is 5.82 Å². The first-order chi connectivity index (χ1) is 9.51. The highest BCUT2D eigenvalue weighted by molar-refractivity contribution is 5.80. The zero-order valence-electron chi connectivity index (χ0n) is 10.2. The standard InChI is InChI=1S/C13H9N5O2/c14-5-9-11(7-2-1-3-8(19)4-7)10(6-15)13(20)18(17)12(9)16/h1-4,19H,16-17H2. The molecule has 0 saturated carbocycles. The molecule has 1 heterocycles. The average Bonchev–Trinajstić information content (AvgIpc) is 2.44. The molecule has 2 rings (SSSR count). The molecule has 0 bridgehead atoms. The molecule has 0 saturated heterocycles. The highest BCUT2D eigenvalue weighted by Gasteiger charge is 2.20. The number of nitrogens with zero attached hydrogens (tertiary/aromatic N) is 3. The molecule has 0 unspecified atom stereocenters. The lowest BCUT2D eigenvalue weighted by Crippen LogP contribution is -2.33. The van der Waals surface area contributed by atoms with Crippen LogP contribution in [-0.2, 0) is 0 Å². The molecule has 0 amide bonds. The number of anilines is 1. The summed E-state index contributed by atoms with van der Waals surface area (Å²) in [6.07, 6.45) is 0. The third kappa shape index (κ3) is 1.80. The number of nitrogen functional groups attached to an aromatic ring is 2. The van der Waals surface area contributed by atoms with Crippen LogP contribution in [-0.4, -0.2) is 9.78 Å². The number of aromatic nitrogens is 1. The fraction of sp³-hybridized carbons (Fsp3) is 0. The zero-order valence-corrected chi connectivity index (χ0v) is 10.2. The number of phenolic OH excluding ortho intramolecular Hbond substituents is 1. The molecule has 2 aromatic rings. The van der Waals surface area contributed by atoms with Crippen molar-refractivity contribution in [2.75, 3.05) is 11.6 Å². The Labute approximate surface area is 113 Å². The second-order valence-corrected chi connectivity index (χ2v) is 3.96. The molecule has 20 heavy (non-hydrogen) atoms. The lowest BCUT2D eigenvalue weighted by molar-refractivity contribution is 0.475. The normalized spacial score (nSPS) is 9.70. The molecule has 5 N–H and O–H groups in total. The van der Waals surface area contributed by atoms with E-state index in [1.807, 2.05) is 6.07 Å². The van der Waals surface area contributed by atoms with Gasteiger partial charge in [-0.05, 0) is 17.7 Å². The number of nitriles is 2. The second-order valence-electron chi connectivity index (χ2n) is 3.96. The van der Waals surface area contributed by atoms with Gasteiger partial charge in [0.05, 0.1) is 0 Å². The maximum absolute atomic E-state index is 11.9. The minimum atomic E-state index is -0.803. The maximum Gasteiger partial charge on any atom is 0.289 e. The lowest BCUT2D eigenvalue weighted by Gasteiger charge is -2.12. The van der Waals surface area contributed by atoms with Crippen LogP contribution in [0.2, 0.25) is 0 Å². The van der Waals surface area contributed by atoms with Crippen molar-refractivity contribution in [3.05, 3.63) is 45.7 Å². The van der Waals surface area contributed by atoms with E-state index in [-0.39, 0.29) is 28.3 Å². The van der Waals surface area contributed by atoms with E-state index in [9.17, 15) is 15.2 Å². The first-order valence-corrected chi connectivity index (χ1v) is 5.44. The van der Waals surface area contributed by atoms with Crippen molar-refractivity contribution in [2.45, 2.75) is 0 Å². The maximum atomic E-state index is 11.9. The molecule has 0 aliphatic carbocycles. The SMILES string of the molecule is N#Cc1c(-c2cccc(O)c2)c(C#N)c(=O)n(N)c1N. The van der Waals surface area contributed by atoms with Gasteiger partial charge in [0.2, 0.25) is 0 Å². The number of rotatable bonds is 1. The van der Waals surface area contributed by atoms with Gasteiger partial charge < -0.3 is 16.7 Å². The monoisotopic (exact) mass is 267 g/mol. The van der Waals surface area contributed by atoms with Crippen molar-refractivity contribution < 1.29 is 5.11 Å². The van der Waals surface area contributed by atoms with Crippen molar-refractivity contribution in [3.8, 4) is 29.0 Å². The fourth-order valence-electron chi connectivity index (χ4n) is 1.88. The van der Waals surface area contributed by atoms with Gasteiger partial charge in [0.25, 0.3) is 5.56 Å². The summed E-state index contributed by atoms with van der Waals surface area (Å²) >= 11 is 0. The topological polar surface area (TPSA) is 142 Å². The number of hydrogen-bond acceptors (Lipinski definition) is 6. The van der Waals surface area contributed by atoms with Gasteiger partial charge in [-0.2, -0.15) is 10.5 Å². The predicted molar refractivity (Wildman–Crippen MR) is 71.8 cm³/mol. The summed E-state index contributed by atoms with van der Waals surface area (Å²) in [6, 6.07) is 9.38. The molecule has 7 nitrogen and oxygen atoms in total. The van der Waals surface area contributed by atoms with Gasteiger partial charge in [-0.3, -0.25) is 4.79 Å². The van der Waals surface area contributed by atoms with Gasteiger partial charge in [-0.1, -0.05) is 12.1 Å². The highest BCUT2D eigenvalue weighted by atomic mass is 16.3. The van der Waals surface area contributed by atoms with E-state index in [1.165, 1.54) is 18.2 Å². The number of aromatic hydroxyl groups is 1. The summed E-state index contributed by atoms with van der Waals surface area (Å²) in [5.74, 6) is 5.13. The Morgan fingerprint density at radius 1 is 1.20 bits per heavy atom. The van der Waals surface area contributed by atoms with E-state index in [2.05, 4.69) is 0 Å². The largest absolute Gasteiger partial charge is 0.508 e. The van der Waals surface area contributed by atoms with Crippen LogP contribution in [0.3, 0.4) is 0 Å². The van der Waals surface area contributed by atoms with E-state index in [1.54, 1.807) is 12.1 Å². The third-order valence-corrected chi connectivity index (χ3v) is 2.81. The predicted octanol–water partition coefficient (Wildman–Crippen LogP) is 0.260. The molecular formula is C13H9N5O2. The molecule has 1 aromatic carbocycles. The van der Waals surface area contributed by atoms with Crippen LogP contribution in [0.15, 0.2) is 29.1 Å². The van der Waals surface area contributed by atoms with Crippen molar-refractivity contribution in [3.63, 3.8) is 0 Å². The number of nitrogens with two attached hydrogens (primary N) is 2. The van der Waals surface area contributed by atoms with Crippen LogP contribution in [0.25, 0.3) is 11.1 Å². The van der Waals surface area contributed by atoms with Crippen LogP contribution in [0.1, 0.15) is 11.1 Å². The Morgan fingerprint density at radius 3 is 2.40 bits per heavy atom. The Hall–Kier alpha value is -3.45. The molecule has 98 valence electrons. The summed E-state index contributed by atoms with van der Waals surface area (Å²) in [4.78, 5) is 11.9. The van der Waals surface area contributed by atoms with Gasteiger partial charge >= 0.3 is 0 Å². The summed E-state index contributed by atoms with van der Waals surface area (Å²) in [7, 11) is 0. The first-order valence-electron chi connectivity index (χ1n) is 5.44. The van der Waals surface area contributed by atoms with Crippen LogP contribution in [0.4, 0.5) is 5.82 Å². The number of pyridine rings is 1. The Bertz CT molecular complexity index is 840. The van der Waals surface area contributed by atoms with Gasteiger partial charge in [0.1, 0.15) is 34.8 Å². The van der Waals surface area contributed by atoms with E-state index >= 15 is 0 Å². The zero-order chi connectivity index (χ0) is 14.9. The van der Waals surface area contributed by atoms with Gasteiger partial charge in [-0.15, -0.1) is 0 Å². The van der Waals surface area contributed by atoms with Gasteiger partial charge in [0.15, 0.2) is 0 Å². The fourth-order valence-corrected chi connectivity index (χ4v) is 1.88. The van der Waals surface area contributed by atoms with Crippen LogP contribution in [0.5, 0.6) is 5.75 Å². The molecule has 1 aromatic heterocycles. The van der Waals surface area contributed by atoms with Gasteiger partial charge in [0, 0.05) is 5.56 Å². The van der Waals surface area contributed by atoms with Crippen LogP contribution in [0, 0.1) is 22.7 Å². The Balaban J connectivity index is 3.00. The summed E-state index contributed by atoms with van der Waals surface area (Å²) in [6.45, 7) is 0. The molecule has 0 fully saturated rings. The van der Waals surface area contributed by atoms with E-state index in [4.69, 9.17) is 16.8 Å². The van der Waals surface area contributed by atoms with E-state index < -0.39 is 5.56 Å². The van der Waals surface area contributed by atoms with Crippen molar-refractivity contribution in [1.82, 2.24) is 4.68 Å². The van der Waals surface area contributed by atoms with Gasteiger partial charge in [-0.25, -0.2) is 4.68 Å². The number of phenols is 1. The first kappa shape index (κ1) is 13.0. The van der Waals surface area contributed by atoms with Crippen molar-refractivity contribution in [2.24, 2.45) is 0 Å². The minimum absolute atomic E-state index is 0.0641. The summed E-state index contributed by atoms with van der Waals surface area (Å²) in [5.41, 5.74) is 4.84. The number of hydrogen-bond donors (Lipinski definition) is 3. The van der Waals surface area contributed by atoms with E-state index in [0.29, 0.717) is 10.2 Å². The molecule has 0 aliphatic rings. The molecule has 0 radical (unpaired) electrons. The van der Waals surface area contributed by atoms with Crippen LogP contribution >= 0.6 is 0 Å². The Morgan fingerprint density at radius 2 is 1.85 bits per heavy atom. The molecule has 7 heteroatoms. The number of benzene rings is 1. The molecular weight excluding hydrogens is 258 g/mol. The highest BCUT2D eigenvalue weighted by Crippen LogP contribution is 2.30. The molecule has 0 atom stereocenters. The minimum Gasteiger partial charge on any atom is -0.508 e. The third-order valence-electron chi connectivity index (χ3n) is 2.81. The Kier molecular flexibility index (Phi) is 3.03. The smallest absolute Gasteiger partial charge is 0.289 e. The quantitative estimate of drug-likeness (QED) is 0.632. The molecule has 0 aliphatic heterocycles. The van der Waals surface area contributed by atoms with Crippen molar-refractivity contribution in [1.29, 1.82) is 10.5 Å². The second kappa shape index (κ2) is 4.67. The summed E-state index contributed by atoms with van der Waals surface area (Å²) < 4.78 is 0.559. The lowest BCUT2D eigenvalue weighted by atomic mass is 9.96. The average molecular weight is 267 g/mol. The van der Waals surface area contributed by atoms with E-state index in [0.717, 1.165) is 0 Å². The summed E-state index contributed by atoms with van der Waals surface area (Å²) in [5, 5.41) is 27.8. The van der Waals surface area contributed by atoms with Crippen LogP contribution < -0.4 is 17.1 Å².